The minimum Gasteiger partial charge on any atom is -0.338 e. The van der Waals surface area contributed by atoms with Crippen molar-refractivity contribution in [2.75, 3.05) is 19.6 Å². The summed E-state index contributed by atoms with van der Waals surface area (Å²) < 4.78 is 30.8. The van der Waals surface area contributed by atoms with Crippen LogP contribution in [0.25, 0.3) is 5.65 Å². The Bertz CT molecular complexity index is 1460. The third-order valence-electron chi connectivity index (χ3n) is 9.13. The van der Waals surface area contributed by atoms with Crippen LogP contribution in [0.2, 0.25) is 0 Å². The van der Waals surface area contributed by atoms with Gasteiger partial charge < -0.3 is 9.30 Å². The number of benzene rings is 1. The topological polar surface area (TPSA) is 53.2 Å². The van der Waals surface area contributed by atoms with Crippen molar-refractivity contribution < 1.29 is 13.6 Å². The summed E-state index contributed by atoms with van der Waals surface area (Å²) in [5.41, 5.74) is 5.61. The van der Waals surface area contributed by atoms with E-state index in [4.69, 9.17) is 4.99 Å². The van der Waals surface area contributed by atoms with E-state index in [9.17, 15) is 13.6 Å². The molecule has 2 bridgehead atoms. The van der Waals surface area contributed by atoms with Crippen molar-refractivity contribution in [3.8, 4) is 0 Å². The summed E-state index contributed by atoms with van der Waals surface area (Å²) in [6.07, 6.45) is 11.1. The van der Waals surface area contributed by atoms with Gasteiger partial charge in [0.15, 0.2) is 0 Å². The number of halogens is 2. The van der Waals surface area contributed by atoms with Gasteiger partial charge in [-0.05, 0) is 73.4 Å². The molecule has 3 aromatic rings. The predicted octanol–water partition coefficient (Wildman–Crippen LogP) is 4.78. The van der Waals surface area contributed by atoms with Crippen LogP contribution in [-0.2, 0) is 11.3 Å². The number of hydrogen-bond acceptors (Lipinski definition) is 4. The monoisotopic (exact) mass is 515 g/mol. The maximum absolute atomic E-state index is 14.4. The maximum atomic E-state index is 14.4. The van der Waals surface area contributed by atoms with E-state index >= 15 is 0 Å². The Hall–Kier alpha value is -3.39. The molecule has 0 N–H and O–H groups in total. The summed E-state index contributed by atoms with van der Waals surface area (Å²) in [6.45, 7) is 2.31. The zero-order valence-corrected chi connectivity index (χ0v) is 21.3. The lowest BCUT2D eigenvalue weighted by Crippen LogP contribution is -2.47. The number of carbonyl (C=O) groups excluding carboxylic acids is 1. The van der Waals surface area contributed by atoms with E-state index in [0.717, 1.165) is 55.6 Å². The largest absolute Gasteiger partial charge is 0.338 e. The molecule has 6 heterocycles. The fourth-order valence-electron chi connectivity index (χ4n) is 7.11. The number of carbonyl (C=O) groups is 1. The number of piperidine rings is 1. The first-order valence-electron chi connectivity index (χ1n) is 13.7. The van der Waals surface area contributed by atoms with Gasteiger partial charge in [0.25, 0.3) is 0 Å². The second kappa shape index (κ2) is 9.42. The summed E-state index contributed by atoms with van der Waals surface area (Å²) in [6, 6.07) is 8.68. The van der Waals surface area contributed by atoms with Gasteiger partial charge in [0, 0.05) is 67.9 Å². The van der Waals surface area contributed by atoms with Crippen molar-refractivity contribution in [2.45, 2.75) is 57.2 Å². The Kier molecular flexibility index (Phi) is 5.87. The number of rotatable bonds is 5. The Labute approximate surface area is 220 Å². The molecule has 1 aromatic carbocycles. The Morgan fingerprint density at radius 2 is 1.89 bits per heavy atom. The summed E-state index contributed by atoms with van der Waals surface area (Å²) >= 11 is 0. The molecule has 6 nitrogen and oxygen atoms in total. The van der Waals surface area contributed by atoms with E-state index < -0.39 is 11.6 Å². The molecular formula is C30H31F2N5O. The van der Waals surface area contributed by atoms with Crippen LogP contribution in [0.4, 0.5) is 8.78 Å². The molecule has 3 atom stereocenters. The lowest BCUT2D eigenvalue weighted by Gasteiger charge is -2.41. The van der Waals surface area contributed by atoms with Crippen molar-refractivity contribution in [1.82, 2.24) is 19.2 Å². The number of nitrogens with zero attached hydrogens (tertiary/aromatic N) is 5. The number of pyridine rings is 1. The van der Waals surface area contributed by atoms with Crippen LogP contribution in [-0.4, -0.2) is 62.5 Å². The number of aromatic nitrogens is 2. The fourth-order valence-corrected chi connectivity index (χ4v) is 7.11. The van der Waals surface area contributed by atoms with Crippen molar-refractivity contribution >= 4 is 17.3 Å². The number of aliphatic imine (C=N–C) groups is 1. The van der Waals surface area contributed by atoms with Crippen molar-refractivity contribution in [2.24, 2.45) is 10.9 Å². The first-order chi connectivity index (χ1) is 18.5. The van der Waals surface area contributed by atoms with Gasteiger partial charge >= 0.3 is 0 Å². The molecule has 0 radical (unpaired) electrons. The molecule has 1 amide bonds. The van der Waals surface area contributed by atoms with E-state index in [0.29, 0.717) is 25.6 Å². The van der Waals surface area contributed by atoms with Crippen LogP contribution in [0.15, 0.2) is 65.1 Å². The molecule has 2 fully saturated rings. The molecule has 4 aliphatic rings. The van der Waals surface area contributed by atoms with Gasteiger partial charge in [-0.3, -0.25) is 14.7 Å². The molecule has 4 aliphatic heterocycles. The standard InChI is InChI=1S/C30H31F2N5O/c31-25-2-1-3-26(32)24(25)18-37-22-6-4-19(27(37)8-7-22)14-29(38)36-12-10-20-15-34-30(23(20)17-36)21-5-9-28-33-11-13-35(28)16-21/h1-3,5,9,11,13,16,19,22,27H,4,6-8,10,12,14-15,17-18H2/t19-,22-,27-/m0/s1. The smallest absolute Gasteiger partial charge is 0.223 e. The zero-order valence-electron chi connectivity index (χ0n) is 21.3. The summed E-state index contributed by atoms with van der Waals surface area (Å²) in [4.78, 5) is 27.0. The average molecular weight is 516 g/mol. The summed E-state index contributed by atoms with van der Waals surface area (Å²) in [5.74, 6) is -0.575. The molecule has 8 heteroatoms. The molecule has 2 saturated heterocycles. The Balaban J connectivity index is 1.05. The van der Waals surface area contributed by atoms with Gasteiger partial charge in [-0.1, -0.05) is 6.07 Å². The molecule has 196 valence electrons. The number of imidazole rings is 1. The van der Waals surface area contributed by atoms with Gasteiger partial charge in [0.1, 0.15) is 17.3 Å². The molecule has 0 saturated carbocycles. The minimum absolute atomic E-state index is 0.147. The van der Waals surface area contributed by atoms with Gasteiger partial charge in [0.2, 0.25) is 5.91 Å². The highest BCUT2D eigenvalue weighted by atomic mass is 19.1. The highest BCUT2D eigenvalue weighted by Gasteiger charge is 2.43. The van der Waals surface area contributed by atoms with Crippen LogP contribution >= 0.6 is 0 Å². The molecular weight excluding hydrogens is 484 g/mol. The van der Waals surface area contributed by atoms with Crippen LogP contribution in [0, 0.1) is 17.6 Å². The van der Waals surface area contributed by atoms with Crippen LogP contribution < -0.4 is 0 Å². The molecule has 0 aliphatic carbocycles. The van der Waals surface area contributed by atoms with Crippen LogP contribution in [0.1, 0.15) is 49.7 Å². The highest BCUT2D eigenvalue weighted by molar-refractivity contribution is 6.15. The fraction of sp³-hybridized carbons (Fsp3) is 0.433. The SMILES string of the molecule is O=C(C[C@@H]1CC[C@H]2CC[C@@H]1N2Cc1c(F)cccc1F)N1CCC2=C(C1)C(c1ccc3nccn3c1)=NC2. The second-order valence-corrected chi connectivity index (χ2v) is 11.1. The maximum Gasteiger partial charge on any atom is 0.223 e. The van der Waals surface area contributed by atoms with Gasteiger partial charge in [0.05, 0.1) is 12.3 Å². The van der Waals surface area contributed by atoms with Crippen molar-refractivity contribution in [3.05, 3.63) is 82.8 Å². The molecule has 0 unspecified atom stereocenters. The Morgan fingerprint density at radius 3 is 2.76 bits per heavy atom. The normalized spacial score (nSPS) is 25.3. The van der Waals surface area contributed by atoms with Gasteiger partial charge in [-0.15, -0.1) is 0 Å². The number of amides is 1. The summed E-state index contributed by atoms with van der Waals surface area (Å²) in [7, 11) is 0. The molecule has 7 rings (SSSR count). The minimum atomic E-state index is -0.485. The molecule has 0 spiro atoms. The van der Waals surface area contributed by atoms with E-state index in [1.165, 1.54) is 29.3 Å². The van der Waals surface area contributed by atoms with Crippen molar-refractivity contribution in [1.29, 1.82) is 0 Å². The number of hydrogen-bond donors (Lipinski definition) is 0. The van der Waals surface area contributed by atoms with Crippen LogP contribution in [0.3, 0.4) is 0 Å². The highest BCUT2D eigenvalue weighted by Crippen LogP contribution is 2.42. The lowest BCUT2D eigenvalue weighted by molar-refractivity contribution is -0.133. The third kappa shape index (κ3) is 4.06. The van der Waals surface area contributed by atoms with E-state index in [2.05, 4.69) is 22.1 Å². The van der Waals surface area contributed by atoms with Crippen LogP contribution in [0.5, 0.6) is 0 Å². The number of fused-ring (bicyclic) bond motifs is 3. The van der Waals surface area contributed by atoms with Gasteiger partial charge in [-0.2, -0.15) is 0 Å². The first kappa shape index (κ1) is 23.7. The molecule has 2 aromatic heterocycles. The zero-order chi connectivity index (χ0) is 25.8. The molecule has 38 heavy (non-hydrogen) atoms. The second-order valence-electron chi connectivity index (χ2n) is 11.1. The van der Waals surface area contributed by atoms with E-state index in [1.807, 2.05) is 21.6 Å². The quantitative estimate of drug-likeness (QED) is 0.492. The first-order valence-corrected chi connectivity index (χ1v) is 13.7. The predicted molar refractivity (Wildman–Crippen MR) is 141 cm³/mol. The lowest BCUT2D eigenvalue weighted by atomic mass is 9.86. The van der Waals surface area contributed by atoms with Gasteiger partial charge in [-0.25, -0.2) is 13.8 Å². The third-order valence-corrected chi connectivity index (χ3v) is 9.13. The average Bonchev–Trinajstić information content (AvgIpc) is 3.63. The Morgan fingerprint density at radius 1 is 1.05 bits per heavy atom. The van der Waals surface area contributed by atoms with E-state index in [1.54, 1.807) is 6.20 Å². The van der Waals surface area contributed by atoms with Crippen molar-refractivity contribution in [3.63, 3.8) is 0 Å². The van der Waals surface area contributed by atoms with E-state index in [-0.39, 0.29) is 30.0 Å². The summed E-state index contributed by atoms with van der Waals surface area (Å²) in [5, 5.41) is 0.